The van der Waals surface area contributed by atoms with Crippen molar-refractivity contribution in [3.8, 4) is 0 Å². The predicted octanol–water partition coefficient (Wildman–Crippen LogP) is 4.93. The Bertz CT molecular complexity index is 429. The number of furan rings is 1. The molecule has 4 aliphatic rings. The van der Waals surface area contributed by atoms with Crippen molar-refractivity contribution in [1.29, 1.82) is 0 Å². The molecule has 1 unspecified atom stereocenters. The molecular formula is C19H29NO. The zero-order chi connectivity index (χ0) is 14.3. The smallest absolute Gasteiger partial charge is 0.120 e. The molecule has 5 rings (SSSR count). The van der Waals surface area contributed by atoms with Crippen molar-refractivity contribution < 1.29 is 4.42 Å². The lowest BCUT2D eigenvalue weighted by Crippen LogP contribution is -2.47. The zero-order valence-electron chi connectivity index (χ0n) is 13.3. The maximum Gasteiger partial charge on any atom is 0.120 e. The highest BCUT2D eigenvalue weighted by atomic mass is 16.3. The van der Waals surface area contributed by atoms with E-state index >= 15 is 0 Å². The monoisotopic (exact) mass is 287 g/mol. The Morgan fingerprint density at radius 2 is 1.86 bits per heavy atom. The van der Waals surface area contributed by atoms with Gasteiger partial charge >= 0.3 is 0 Å². The number of hydrogen-bond donors (Lipinski definition) is 1. The second-order valence-corrected chi connectivity index (χ2v) is 8.14. The van der Waals surface area contributed by atoms with Crippen LogP contribution >= 0.6 is 0 Å². The maximum atomic E-state index is 5.74. The van der Waals surface area contributed by atoms with Gasteiger partial charge in [-0.25, -0.2) is 0 Å². The van der Waals surface area contributed by atoms with Crippen LogP contribution < -0.4 is 5.32 Å². The van der Waals surface area contributed by atoms with Gasteiger partial charge in [-0.2, -0.15) is 0 Å². The molecule has 116 valence electrons. The molecule has 0 saturated heterocycles. The molecule has 1 N–H and O–H groups in total. The van der Waals surface area contributed by atoms with Gasteiger partial charge < -0.3 is 9.73 Å². The maximum absolute atomic E-state index is 5.74. The van der Waals surface area contributed by atoms with Gasteiger partial charge in [-0.1, -0.05) is 6.92 Å². The standard InChI is InChI=1S/C19H29NO/c1-2-5-20-17(18-4-3-6-21-18)13-19-10-14-7-15(11-19)9-16(8-14)12-19/h3-4,6,14-17,20H,2,5,7-13H2,1H3. The van der Waals surface area contributed by atoms with E-state index in [9.17, 15) is 0 Å². The van der Waals surface area contributed by atoms with E-state index in [2.05, 4.69) is 18.3 Å². The largest absolute Gasteiger partial charge is 0.468 e. The fourth-order valence-electron chi connectivity index (χ4n) is 6.05. The minimum absolute atomic E-state index is 0.427. The third-order valence-corrected chi connectivity index (χ3v) is 6.33. The van der Waals surface area contributed by atoms with Crippen molar-refractivity contribution in [2.24, 2.45) is 23.2 Å². The van der Waals surface area contributed by atoms with E-state index in [0.29, 0.717) is 11.5 Å². The van der Waals surface area contributed by atoms with Crippen LogP contribution in [0.3, 0.4) is 0 Å². The summed E-state index contributed by atoms with van der Waals surface area (Å²) in [5, 5.41) is 3.75. The van der Waals surface area contributed by atoms with Gasteiger partial charge in [0.25, 0.3) is 0 Å². The van der Waals surface area contributed by atoms with E-state index in [1.54, 1.807) is 0 Å². The highest BCUT2D eigenvalue weighted by Gasteiger charge is 2.51. The molecule has 0 aromatic carbocycles. The lowest BCUT2D eigenvalue weighted by Gasteiger charge is -2.57. The van der Waals surface area contributed by atoms with Crippen LogP contribution in [0.25, 0.3) is 0 Å². The summed E-state index contributed by atoms with van der Waals surface area (Å²) in [6, 6.07) is 4.62. The minimum atomic E-state index is 0.427. The summed E-state index contributed by atoms with van der Waals surface area (Å²) in [7, 11) is 0. The average Bonchev–Trinajstić information content (AvgIpc) is 2.96. The lowest BCUT2D eigenvalue weighted by molar-refractivity contribution is -0.0631. The summed E-state index contributed by atoms with van der Waals surface area (Å²) < 4.78 is 5.74. The molecule has 0 amide bonds. The van der Waals surface area contributed by atoms with E-state index in [1.807, 2.05) is 12.3 Å². The van der Waals surface area contributed by atoms with E-state index in [4.69, 9.17) is 4.42 Å². The third-order valence-electron chi connectivity index (χ3n) is 6.33. The molecule has 4 bridgehead atoms. The minimum Gasteiger partial charge on any atom is -0.468 e. The van der Waals surface area contributed by atoms with Crippen molar-refractivity contribution >= 4 is 0 Å². The van der Waals surface area contributed by atoms with E-state index in [0.717, 1.165) is 30.1 Å². The zero-order valence-corrected chi connectivity index (χ0v) is 13.3. The van der Waals surface area contributed by atoms with E-state index in [-0.39, 0.29) is 0 Å². The van der Waals surface area contributed by atoms with E-state index < -0.39 is 0 Å². The molecule has 2 heteroatoms. The first-order valence-electron chi connectivity index (χ1n) is 9.03. The van der Waals surface area contributed by atoms with Crippen LogP contribution in [0.4, 0.5) is 0 Å². The van der Waals surface area contributed by atoms with Gasteiger partial charge in [-0.05, 0) is 93.2 Å². The second kappa shape index (κ2) is 5.46. The van der Waals surface area contributed by atoms with Crippen molar-refractivity contribution in [1.82, 2.24) is 5.32 Å². The third kappa shape index (κ3) is 2.67. The highest BCUT2D eigenvalue weighted by molar-refractivity contribution is 5.09. The molecule has 1 aromatic rings. The molecule has 0 radical (unpaired) electrons. The number of hydrogen-bond acceptors (Lipinski definition) is 2. The Kier molecular flexibility index (Phi) is 3.61. The Balaban J connectivity index is 1.52. The fourth-order valence-corrected chi connectivity index (χ4v) is 6.05. The van der Waals surface area contributed by atoms with Crippen LogP contribution in [0.5, 0.6) is 0 Å². The van der Waals surface area contributed by atoms with Crippen LogP contribution in [0, 0.1) is 23.2 Å². The van der Waals surface area contributed by atoms with Gasteiger partial charge in [-0.15, -0.1) is 0 Å². The summed E-state index contributed by atoms with van der Waals surface area (Å²) in [6.45, 7) is 3.34. The Labute approximate surface area is 128 Å². The van der Waals surface area contributed by atoms with Gasteiger partial charge in [0.1, 0.15) is 5.76 Å². The molecule has 0 aliphatic heterocycles. The molecular weight excluding hydrogens is 258 g/mol. The molecule has 1 atom stereocenters. The van der Waals surface area contributed by atoms with Gasteiger partial charge in [0, 0.05) is 0 Å². The Hall–Kier alpha value is -0.760. The summed E-state index contributed by atoms with van der Waals surface area (Å²) in [5.74, 6) is 4.28. The quantitative estimate of drug-likeness (QED) is 0.802. The summed E-state index contributed by atoms with van der Waals surface area (Å²) in [4.78, 5) is 0. The first kappa shape index (κ1) is 13.9. The van der Waals surface area contributed by atoms with Gasteiger partial charge in [-0.3, -0.25) is 0 Å². The molecule has 0 spiro atoms. The van der Waals surface area contributed by atoms with Crippen molar-refractivity contribution in [2.45, 2.75) is 64.3 Å². The number of nitrogens with one attached hydrogen (secondary N) is 1. The lowest BCUT2D eigenvalue weighted by atomic mass is 9.48. The summed E-state index contributed by atoms with van der Waals surface area (Å²) in [5.41, 5.74) is 0.618. The summed E-state index contributed by atoms with van der Waals surface area (Å²) in [6.07, 6.45) is 13.4. The molecule has 4 fully saturated rings. The Morgan fingerprint density at radius 3 is 2.38 bits per heavy atom. The molecule has 4 aliphatic carbocycles. The number of rotatable bonds is 6. The van der Waals surface area contributed by atoms with E-state index in [1.165, 1.54) is 51.4 Å². The van der Waals surface area contributed by atoms with Crippen LogP contribution in [0.2, 0.25) is 0 Å². The molecule has 1 heterocycles. The van der Waals surface area contributed by atoms with Crippen molar-refractivity contribution in [3.63, 3.8) is 0 Å². The van der Waals surface area contributed by atoms with Crippen LogP contribution in [0.15, 0.2) is 22.8 Å². The predicted molar refractivity (Wildman–Crippen MR) is 85.0 cm³/mol. The van der Waals surface area contributed by atoms with Gasteiger partial charge in [0.2, 0.25) is 0 Å². The van der Waals surface area contributed by atoms with Crippen LogP contribution in [0.1, 0.15) is 70.1 Å². The SMILES string of the molecule is CCCNC(CC12CC3CC(CC(C3)C1)C2)c1ccco1. The second-order valence-electron chi connectivity index (χ2n) is 8.14. The van der Waals surface area contributed by atoms with Gasteiger partial charge in [0.15, 0.2) is 0 Å². The normalized spacial score (nSPS) is 38.8. The first-order valence-corrected chi connectivity index (χ1v) is 9.03. The first-order chi connectivity index (χ1) is 10.3. The molecule has 21 heavy (non-hydrogen) atoms. The van der Waals surface area contributed by atoms with Crippen molar-refractivity contribution in [2.75, 3.05) is 6.54 Å². The fraction of sp³-hybridized carbons (Fsp3) is 0.789. The van der Waals surface area contributed by atoms with Crippen molar-refractivity contribution in [3.05, 3.63) is 24.2 Å². The average molecular weight is 287 g/mol. The molecule has 1 aromatic heterocycles. The van der Waals surface area contributed by atoms with Crippen LogP contribution in [-0.2, 0) is 0 Å². The highest BCUT2D eigenvalue weighted by Crippen LogP contribution is 2.62. The molecule has 4 saturated carbocycles. The van der Waals surface area contributed by atoms with Crippen LogP contribution in [-0.4, -0.2) is 6.54 Å². The molecule has 2 nitrogen and oxygen atoms in total. The van der Waals surface area contributed by atoms with Gasteiger partial charge in [0.05, 0.1) is 12.3 Å². The Morgan fingerprint density at radius 1 is 1.19 bits per heavy atom. The topological polar surface area (TPSA) is 25.2 Å². The summed E-state index contributed by atoms with van der Waals surface area (Å²) >= 11 is 0.